The number of nitrogens with zero attached hydrogens (tertiary/aromatic N) is 2. The predicted octanol–water partition coefficient (Wildman–Crippen LogP) is 2.58. The van der Waals surface area contributed by atoms with Gasteiger partial charge in [0.15, 0.2) is 6.29 Å². The van der Waals surface area contributed by atoms with Crippen molar-refractivity contribution in [3.05, 3.63) is 51.4 Å². The maximum Gasteiger partial charge on any atom is 0.263 e. The van der Waals surface area contributed by atoms with Crippen molar-refractivity contribution in [2.75, 3.05) is 6.61 Å². The monoisotopic (exact) mass is 377 g/mol. The second-order valence-corrected chi connectivity index (χ2v) is 6.42. The van der Waals surface area contributed by atoms with Crippen molar-refractivity contribution >= 4 is 5.65 Å². The summed E-state index contributed by atoms with van der Waals surface area (Å²) in [5.74, 6) is -2.07. The van der Waals surface area contributed by atoms with Crippen LogP contribution in [0.5, 0.6) is 5.88 Å². The first-order valence-corrected chi connectivity index (χ1v) is 8.55. The summed E-state index contributed by atoms with van der Waals surface area (Å²) in [5, 5.41) is 24.8. The van der Waals surface area contributed by atoms with Crippen molar-refractivity contribution in [3.8, 4) is 17.0 Å². The Hall–Kier alpha value is -2.78. The van der Waals surface area contributed by atoms with Crippen LogP contribution < -0.4 is 5.56 Å². The molecule has 1 atom stereocenters. The molecule has 0 saturated heterocycles. The standard InChI is InChI=1S/C18H17F2N3O4/c1-2-27-18(26)13-16(24)21-15-12(10-6-5-9(19)7-11(10)20)14(8-3-4-8)22-23(15)17(13)25/h5-8,18,25-26H,2-4H2,1H3,(H,21,24). The molecule has 142 valence electrons. The first kappa shape index (κ1) is 17.6. The van der Waals surface area contributed by atoms with E-state index in [0.29, 0.717) is 11.3 Å². The Morgan fingerprint density at radius 3 is 2.78 bits per heavy atom. The van der Waals surface area contributed by atoms with Gasteiger partial charge < -0.3 is 19.9 Å². The molecule has 1 aliphatic carbocycles. The highest BCUT2D eigenvalue weighted by Gasteiger charge is 2.34. The van der Waals surface area contributed by atoms with Gasteiger partial charge in [-0.3, -0.25) is 4.79 Å². The summed E-state index contributed by atoms with van der Waals surface area (Å²) < 4.78 is 33.8. The third kappa shape index (κ3) is 2.88. The molecule has 9 heteroatoms. The van der Waals surface area contributed by atoms with Crippen LogP contribution in [0.15, 0.2) is 23.0 Å². The first-order chi connectivity index (χ1) is 12.9. The number of halogens is 2. The minimum absolute atomic E-state index is 0.0486. The number of ether oxygens (including phenoxy) is 1. The van der Waals surface area contributed by atoms with Crippen LogP contribution in [0.3, 0.4) is 0 Å². The average Bonchev–Trinajstić information content (AvgIpc) is 3.37. The Morgan fingerprint density at radius 1 is 1.41 bits per heavy atom. The van der Waals surface area contributed by atoms with E-state index in [-0.39, 0.29) is 29.3 Å². The molecule has 1 fully saturated rings. The van der Waals surface area contributed by atoms with Crippen LogP contribution in [0.4, 0.5) is 8.78 Å². The fourth-order valence-corrected chi connectivity index (χ4v) is 3.16. The largest absolute Gasteiger partial charge is 0.493 e. The quantitative estimate of drug-likeness (QED) is 0.594. The van der Waals surface area contributed by atoms with Crippen molar-refractivity contribution < 1.29 is 23.7 Å². The fourth-order valence-electron chi connectivity index (χ4n) is 3.16. The van der Waals surface area contributed by atoms with E-state index < -0.39 is 29.4 Å². The topological polar surface area (TPSA) is 99.8 Å². The molecular weight excluding hydrogens is 360 g/mol. The maximum absolute atomic E-state index is 14.4. The first-order valence-electron chi connectivity index (χ1n) is 8.55. The Morgan fingerprint density at radius 2 is 2.15 bits per heavy atom. The Kier molecular flexibility index (Phi) is 4.20. The summed E-state index contributed by atoms with van der Waals surface area (Å²) in [6.07, 6.45) is 0.0286. The van der Waals surface area contributed by atoms with Gasteiger partial charge in [-0.25, -0.2) is 8.78 Å². The van der Waals surface area contributed by atoms with Crippen LogP contribution >= 0.6 is 0 Å². The molecule has 7 nitrogen and oxygen atoms in total. The lowest BCUT2D eigenvalue weighted by Gasteiger charge is -2.12. The molecule has 0 aliphatic heterocycles. The zero-order valence-corrected chi connectivity index (χ0v) is 14.4. The van der Waals surface area contributed by atoms with Gasteiger partial charge in [-0.15, -0.1) is 0 Å². The highest BCUT2D eigenvalue weighted by molar-refractivity contribution is 5.81. The van der Waals surface area contributed by atoms with E-state index in [9.17, 15) is 23.8 Å². The minimum atomic E-state index is -1.64. The molecule has 0 spiro atoms. The molecule has 2 heterocycles. The van der Waals surface area contributed by atoms with Gasteiger partial charge in [0, 0.05) is 24.2 Å². The summed E-state index contributed by atoms with van der Waals surface area (Å²) in [7, 11) is 0. The number of nitrogens with one attached hydrogen (secondary N) is 1. The lowest BCUT2D eigenvalue weighted by molar-refractivity contribution is -0.100. The summed E-state index contributed by atoms with van der Waals surface area (Å²) in [5.41, 5.74) is -0.250. The predicted molar refractivity (Wildman–Crippen MR) is 91.4 cm³/mol. The van der Waals surface area contributed by atoms with E-state index >= 15 is 0 Å². The lowest BCUT2D eigenvalue weighted by Crippen LogP contribution is -2.20. The number of H-pyrrole nitrogens is 1. The normalized spacial score (nSPS) is 15.4. The number of rotatable bonds is 5. The number of aliphatic hydroxyl groups excluding tert-OH is 1. The number of aliphatic hydroxyl groups is 1. The fraction of sp³-hybridized carbons (Fsp3) is 0.333. The van der Waals surface area contributed by atoms with Crippen LogP contribution in [-0.4, -0.2) is 31.4 Å². The third-order valence-electron chi connectivity index (χ3n) is 4.57. The van der Waals surface area contributed by atoms with E-state index in [1.807, 2.05) is 0 Å². The van der Waals surface area contributed by atoms with Gasteiger partial charge in [-0.05, 0) is 31.9 Å². The van der Waals surface area contributed by atoms with Crippen LogP contribution in [0.1, 0.15) is 43.2 Å². The van der Waals surface area contributed by atoms with Crippen molar-refractivity contribution in [2.24, 2.45) is 0 Å². The molecule has 1 aliphatic rings. The summed E-state index contributed by atoms with van der Waals surface area (Å²) in [6.45, 7) is 1.75. The second kappa shape index (κ2) is 6.43. The molecule has 3 aromatic rings. The summed E-state index contributed by atoms with van der Waals surface area (Å²) >= 11 is 0. The van der Waals surface area contributed by atoms with Crippen molar-refractivity contribution in [3.63, 3.8) is 0 Å². The van der Waals surface area contributed by atoms with E-state index in [4.69, 9.17) is 4.74 Å². The highest BCUT2D eigenvalue weighted by Crippen LogP contribution is 2.46. The average molecular weight is 377 g/mol. The second-order valence-electron chi connectivity index (χ2n) is 6.42. The van der Waals surface area contributed by atoms with Gasteiger partial charge in [-0.2, -0.15) is 9.61 Å². The minimum Gasteiger partial charge on any atom is -0.493 e. The van der Waals surface area contributed by atoms with Crippen LogP contribution in [0, 0.1) is 11.6 Å². The number of aromatic hydroxyl groups is 1. The van der Waals surface area contributed by atoms with E-state index in [1.165, 1.54) is 6.07 Å². The van der Waals surface area contributed by atoms with Gasteiger partial charge in [0.2, 0.25) is 5.88 Å². The summed E-state index contributed by atoms with van der Waals surface area (Å²) in [6, 6.07) is 3.14. The smallest absolute Gasteiger partial charge is 0.263 e. The lowest BCUT2D eigenvalue weighted by atomic mass is 10.0. The number of hydrogen-bond donors (Lipinski definition) is 3. The Balaban J connectivity index is 2.01. The summed E-state index contributed by atoms with van der Waals surface area (Å²) in [4.78, 5) is 15.0. The third-order valence-corrected chi connectivity index (χ3v) is 4.57. The molecule has 0 radical (unpaired) electrons. The number of benzene rings is 1. The van der Waals surface area contributed by atoms with Gasteiger partial charge in [0.05, 0.1) is 11.3 Å². The molecule has 1 aromatic carbocycles. The molecular formula is C18H17F2N3O4. The molecule has 1 unspecified atom stereocenters. The molecule has 3 N–H and O–H groups in total. The van der Waals surface area contributed by atoms with Crippen molar-refractivity contribution in [2.45, 2.75) is 32.0 Å². The van der Waals surface area contributed by atoms with E-state index in [1.54, 1.807) is 6.92 Å². The zero-order chi connectivity index (χ0) is 19.3. The molecule has 0 amide bonds. The number of fused-ring (bicyclic) bond motifs is 1. The molecule has 2 aromatic heterocycles. The highest BCUT2D eigenvalue weighted by atomic mass is 19.1. The van der Waals surface area contributed by atoms with Gasteiger partial charge in [0.1, 0.15) is 22.8 Å². The zero-order valence-electron chi connectivity index (χ0n) is 14.4. The Labute approximate surface area is 151 Å². The van der Waals surface area contributed by atoms with E-state index in [2.05, 4.69) is 10.1 Å². The molecule has 27 heavy (non-hydrogen) atoms. The van der Waals surface area contributed by atoms with Crippen LogP contribution in [0.25, 0.3) is 16.8 Å². The van der Waals surface area contributed by atoms with Gasteiger partial charge >= 0.3 is 0 Å². The van der Waals surface area contributed by atoms with Gasteiger partial charge in [-0.1, -0.05) is 0 Å². The van der Waals surface area contributed by atoms with Crippen molar-refractivity contribution in [1.29, 1.82) is 0 Å². The number of hydrogen-bond acceptors (Lipinski definition) is 5. The molecule has 4 rings (SSSR count). The van der Waals surface area contributed by atoms with Crippen LogP contribution in [-0.2, 0) is 4.74 Å². The maximum atomic E-state index is 14.4. The van der Waals surface area contributed by atoms with Gasteiger partial charge in [0.25, 0.3) is 5.56 Å². The van der Waals surface area contributed by atoms with E-state index in [0.717, 1.165) is 29.5 Å². The SMILES string of the molecule is CCOC(O)c1c(O)n2nc(C3CC3)c(-c3ccc(F)cc3F)c2[nH]c1=O. The van der Waals surface area contributed by atoms with Crippen LogP contribution in [0.2, 0.25) is 0 Å². The molecule has 0 bridgehead atoms. The van der Waals surface area contributed by atoms with Crippen molar-refractivity contribution in [1.82, 2.24) is 14.6 Å². The number of aromatic nitrogens is 3. The molecule has 1 saturated carbocycles. The number of aromatic amines is 1. The Bertz CT molecular complexity index is 1090.